The molecule has 0 spiro atoms. The van der Waals surface area contributed by atoms with E-state index in [1.807, 2.05) is 14.1 Å². The van der Waals surface area contributed by atoms with Crippen LogP contribution >= 0.6 is 11.6 Å². The Morgan fingerprint density at radius 1 is 1.15 bits per heavy atom. The van der Waals surface area contributed by atoms with Crippen LogP contribution in [0.2, 0.25) is 5.02 Å². The van der Waals surface area contributed by atoms with Gasteiger partial charge in [0.2, 0.25) is 0 Å². The van der Waals surface area contributed by atoms with Gasteiger partial charge in [0.1, 0.15) is 4.90 Å². The monoisotopic (exact) mass is 312 g/mol. The lowest BCUT2D eigenvalue weighted by molar-refractivity contribution is 0.601. The Morgan fingerprint density at radius 2 is 1.80 bits per heavy atom. The van der Waals surface area contributed by atoms with Crippen molar-refractivity contribution in [2.24, 2.45) is 0 Å². The highest BCUT2D eigenvalue weighted by atomic mass is 35.5. The van der Waals surface area contributed by atoms with Crippen LogP contribution in [0.25, 0.3) is 0 Å². The summed E-state index contributed by atoms with van der Waals surface area (Å²) in [6, 6.07) is 3.13. The number of halogens is 1. The van der Waals surface area contributed by atoms with Crippen molar-refractivity contribution in [1.82, 2.24) is 9.97 Å². The number of hydrogen-bond acceptors (Lipinski definition) is 5. The zero-order valence-corrected chi connectivity index (χ0v) is 12.5. The van der Waals surface area contributed by atoms with Gasteiger partial charge in [-0.15, -0.1) is 0 Å². The lowest BCUT2D eigenvalue weighted by Crippen LogP contribution is -2.17. The maximum atomic E-state index is 12.3. The lowest BCUT2D eigenvalue weighted by Gasteiger charge is -2.18. The van der Waals surface area contributed by atoms with E-state index in [4.69, 9.17) is 11.6 Å². The molecule has 20 heavy (non-hydrogen) atoms. The number of nitrogens with zero attached hydrogens (tertiary/aromatic N) is 3. The Morgan fingerprint density at radius 3 is 2.45 bits per heavy atom. The molecule has 0 atom stereocenters. The van der Waals surface area contributed by atoms with Crippen LogP contribution in [0.15, 0.2) is 41.8 Å². The molecule has 0 amide bonds. The van der Waals surface area contributed by atoms with Crippen LogP contribution in [0.1, 0.15) is 0 Å². The molecule has 8 heteroatoms. The Bertz CT molecular complexity index is 719. The molecule has 2 heterocycles. The SMILES string of the molecule is CN(C)c1ccncc1NS(=O)(=O)c1cnccc1Cl. The molecule has 2 aromatic heterocycles. The predicted octanol–water partition coefficient (Wildman–Crippen LogP) is 2.00. The number of rotatable bonds is 4. The maximum Gasteiger partial charge on any atom is 0.265 e. The zero-order chi connectivity index (χ0) is 14.8. The first-order valence-corrected chi connectivity index (χ1v) is 7.51. The van der Waals surface area contributed by atoms with Gasteiger partial charge in [-0.25, -0.2) is 8.42 Å². The topological polar surface area (TPSA) is 75.2 Å². The molecular formula is C12H13ClN4O2S. The maximum absolute atomic E-state index is 12.3. The third-order valence-corrected chi connectivity index (χ3v) is 4.38. The number of pyridine rings is 2. The van der Waals surface area contributed by atoms with Crippen LogP contribution in [0.5, 0.6) is 0 Å². The molecule has 0 radical (unpaired) electrons. The molecule has 0 unspecified atom stereocenters. The molecule has 1 N–H and O–H groups in total. The highest BCUT2D eigenvalue weighted by Gasteiger charge is 2.20. The summed E-state index contributed by atoms with van der Waals surface area (Å²) >= 11 is 5.89. The quantitative estimate of drug-likeness (QED) is 0.934. The van der Waals surface area contributed by atoms with Crippen molar-refractivity contribution in [1.29, 1.82) is 0 Å². The fourth-order valence-electron chi connectivity index (χ4n) is 1.62. The van der Waals surface area contributed by atoms with E-state index in [-0.39, 0.29) is 9.92 Å². The number of nitrogens with one attached hydrogen (secondary N) is 1. The van der Waals surface area contributed by atoms with Gasteiger partial charge in [-0.3, -0.25) is 14.7 Å². The fraction of sp³-hybridized carbons (Fsp3) is 0.167. The first kappa shape index (κ1) is 14.5. The Hall–Kier alpha value is -1.86. The second-order valence-electron chi connectivity index (χ2n) is 4.20. The minimum Gasteiger partial charge on any atom is -0.376 e. The van der Waals surface area contributed by atoms with Crippen molar-refractivity contribution in [2.75, 3.05) is 23.7 Å². The number of aromatic nitrogens is 2. The molecular weight excluding hydrogens is 300 g/mol. The zero-order valence-electron chi connectivity index (χ0n) is 10.9. The molecule has 0 bridgehead atoms. The van der Waals surface area contributed by atoms with Crippen molar-refractivity contribution in [3.05, 3.63) is 41.9 Å². The molecule has 0 aliphatic rings. The van der Waals surface area contributed by atoms with Gasteiger partial charge in [0.15, 0.2) is 0 Å². The molecule has 0 fully saturated rings. The van der Waals surface area contributed by atoms with Gasteiger partial charge in [-0.2, -0.15) is 0 Å². The second kappa shape index (κ2) is 5.64. The van der Waals surface area contributed by atoms with Gasteiger partial charge < -0.3 is 4.90 Å². The van der Waals surface area contributed by atoms with Crippen molar-refractivity contribution in [3.63, 3.8) is 0 Å². The van der Waals surface area contributed by atoms with Crippen LogP contribution in [-0.2, 0) is 10.0 Å². The Kier molecular flexibility index (Phi) is 4.10. The summed E-state index contributed by atoms with van der Waals surface area (Å²) in [5.41, 5.74) is 1.07. The summed E-state index contributed by atoms with van der Waals surface area (Å²) in [5, 5.41) is 0.114. The third-order valence-electron chi connectivity index (χ3n) is 2.55. The third kappa shape index (κ3) is 3.00. The Balaban J connectivity index is 2.42. The summed E-state index contributed by atoms with van der Waals surface area (Å²) < 4.78 is 27.1. The summed E-state index contributed by atoms with van der Waals surface area (Å²) in [5.74, 6) is 0. The van der Waals surface area contributed by atoms with E-state index in [0.29, 0.717) is 11.4 Å². The van der Waals surface area contributed by atoms with Crippen LogP contribution in [0.3, 0.4) is 0 Å². The Labute approximate surface area is 122 Å². The summed E-state index contributed by atoms with van der Waals surface area (Å²) in [6.07, 6.45) is 5.66. The molecule has 0 saturated heterocycles. The summed E-state index contributed by atoms with van der Waals surface area (Å²) in [4.78, 5) is 9.42. The minimum absolute atomic E-state index is 0.0739. The number of anilines is 2. The van der Waals surface area contributed by atoms with Gasteiger partial charge in [0.05, 0.1) is 22.6 Å². The van der Waals surface area contributed by atoms with Crippen molar-refractivity contribution in [2.45, 2.75) is 4.90 Å². The summed E-state index contributed by atoms with van der Waals surface area (Å²) in [6.45, 7) is 0. The molecule has 0 aliphatic carbocycles. The van der Waals surface area contributed by atoms with Crippen molar-refractivity contribution >= 4 is 33.0 Å². The molecule has 106 valence electrons. The van der Waals surface area contributed by atoms with Gasteiger partial charge in [-0.1, -0.05) is 11.6 Å². The van der Waals surface area contributed by atoms with Crippen LogP contribution in [0, 0.1) is 0 Å². The average Bonchev–Trinajstić information content (AvgIpc) is 2.39. The highest BCUT2D eigenvalue weighted by molar-refractivity contribution is 7.92. The van der Waals surface area contributed by atoms with E-state index in [2.05, 4.69) is 14.7 Å². The molecule has 0 saturated carbocycles. The largest absolute Gasteiger partial charge is 0.376 e. The molecule has 2 aromatic rings. The minimum atomic E-state index is -3.81. The average molecular weight is 313 g/mol. The van der Waals surface area contributed by atoms with E-state index >= 15 is 0 Å². The van der Waals surface area contributed by atoms with E-state index in [1.54, 1.807) is 17.2 Å². The molecule has 2 rings (SSSR count). The van der Waals surface area contributed by atoms with Gasteiger partial charge >= 0.3 is 0 Å². The van der Waals surface area contributed by atoms with Crippen molar-refractivity contribution < 1.29 is 8.42 Å². The lowest BCUT2D eigenvalue weighted by atomic mass is 10.3. The van der Waals surface area contributed by atoms with E-state index in [0.717, 1.165) is 0 Å². The smallest absolute Gasteiger partial charge is 0.265 e. The molecule has 6 nitrogen and oxygen atoms in total. The number of hydrogen-bond donors (Lipinski definition) is 1. The molecule has 0 aliphatic heterocycles. The fourth-order valence-corrected chi connectivity index (χ4v) is 3.11. The first-order valence-electron chi connectivity index (χ1n) is 5.65. The highest BCUT2D eigenvalue weighted by Crippen LogP contribution is 2.27. The number of sulfonamides is 1. The van der Waals surface area contributed by atoms with E-state index in [9.17, 15) is 8.42 Å². The normalized spacial score (nSPS) is 11.2. The predicted molar refractivity (Wildman–Crippen MR) is 78.6 cm³/mol. The van der Waals surface area contributed by atoms with Gasteiger partial charge in [-0.05, 0) is 12.1 Å². The first-order chi connectivity index (χ1) is 9.42. The van der Waals surface area contributed by atoms with E-state index < -0.39 is 10.0 Å². The van der Waals surface area contributed by atoms with Gasteiger partial charge in [0.25, 0.3) is 10.0 Å². The molecule has 0 aromatic carbocycles. The van der Waals surface area contributed by atoms with Crippen LogP contribution in [0.4, 0.5) is 11.4 Å². The standard InChI is InChI=1S/C12H13ClN4O2S/c1-17(2)11-4-6-14-7-10(11)16-20(18,19)12-8-15-5-3-9(12)13/h3-8,16H,1-2H3. The second-order valence-corrected chi connectivity index (χ2v) is 6.26. The summed E-state index contributed by atoms with van der Waals surface area (Å²) in [7, 11) is -0.192. The van der Waals surface area contributed by atoms with E-state index in [1.165, 1.54) is 24.7 Å². The van der Waals surface area contributed by atoms with Crippen LogP contribution in [-0.4, -0.2) is 32.5 Å². The van der Waals surface area contributed by atoms with Crippen molar-refractivity contribution in [3.8, 4) is 0 Å². The van der Waals surface area contributed by atoms with Crippen LogP contribution < -0.4 is 9.62 Å². The van der Waals surface area contributed by atoms with Gasteiger partial charge in [0, 0.05) is 32.7 Å².